The molecule has 0 rings (SSSR count). The molecular formula is C2H6O4S. The van der Waals surface area contributed by atoms with Crippen LogP contribution < -0.4 is 0 Å². The van der Waals surface area contributed by atoms with Gasteiger partial charge in [0.05, 0.1) is 5.75 Å². The molecule has 3 N–H and O–H groups in total. The number of hydrogen-bond donors (Lipinski definition) is 4. The summed E-state index contributed by atoms with van der Waals surface area (Å²) in [5.74, 6) is -0.965. The Kier molecular flexibility index (Phi) is 13.0. The molecule has 0 aromatic carbocycles. The molecule has 0 aromatic rings. The highest BCUT2D eigenvalue weighted by Crippen LogP contribution is 1.66. The van der Waals surface area contributed by atoms with Crippen molar-refractivity contribution >= 4 is 18.6 Å². The first kappa shape index (κ1) is 9.88. The van der Waals surface area contributed by atoms with Gasteiger partial charge in [0, 0.05) is 0 Å². The van der Waals surface area contributed by atoms with E-state index in [1.54, 1.807) is 0 Å². The lowest BCUT2D eigenvalue weighted by molar-refractivity contribution is -0.176. The smallest absolute Gasteiger partial charge is 0.313 e. The molecule has 0 atom stereocenters. The zero-order valence-corrected chi connectivity index (χ0v) is 4.30. The normalized spacial score (nSPS) is 6.14. The van der Waals surface area contributed by atoms with Gasteiger partial charge in [0.2, 0.25) is 0 Å². The molecule has 0 saturated carbocycles. The van der Waals surface area contributed by atoms with E-state index in [1.165, 1.54) is 0 Å². The van der Waals surface area contributed by atoms with E-state index >= 15 is 0 Å². The maximum absolute atomic E-state index is 9.29. The van der Waals surface area contributed by atoms with Crippen LogP contribution in [0.2, 0.25) is 0 Å². The second-order valence-corrected chi connectivity index (χ2v) is 0.868. The van der Waals surface area contributed by atoms with Crippen LogP contribution in [0.1, 0.15) is 0 Å². The molecule has 0 radical (unpaired) electrons. The Morgan fingerprint density at radius 3 is 1.71 bits per heavy atom. The summed E-state index contributed by atoms with van der Waals surface area (Å²) in [6.07, 6.45) is 0. The minimum Gasteiger partial charge on any atom is -0.481 e. The second kappa shape index (κ2) is 9.22. The third-order valence-corrected chi connectivity index (χ3v) is 0.406. The third kappa shape index (κ3) is 26.5. The van der Waals surface area contributed by atoms with E-state index < -0.39 is 5.97 Å². The molecule has 0 bridgehead atoms. The predicted molar refractivity (Wildman–Crippen MR) is 26.7 cm³/mol. The molecule has 7 heavy (non-hydrogen) atoms. The molecule has 4 nitrogen and oxygen atoms in total. The molecule has 0 amide bonds. The third-order valence-electron chi connectivity index (χ3n) is 0.135. The average Bonchev–Trinajstić information content (AvgIpc) is 1.73. The number of carboxylic acids is 1. The number of carbonyl (C=O) groups is 1. The second-order valence-electron chi connectivity index (χ2n) is 0.552. The van der Waals surface area contributed by atoms with Gasteiger partial charge in [-0.2, -0.15) is 12.6 Å². The van der Waals surface area contributed by atoms with Crippen molar-refractivity contribution in [2.45, 2.75) is 0 Å². The first-order valence-corrected chi connectivity index (χ1v) is 1.93. The summed E-state index contributed by atoms with van der Waals surface area (Å²) >= 11 is 3.42. The van der Waals surface area contributed by atoms with E-state index in [0.29, 0.717) is 0 Å². The Balaban J connectivity index is 0. The summed E-state index contributed by atoms with van der Waals surface area (Å²) in [5, 5.41) is 19.6. The average molecular weight is 126 g/mol. The van der Waals surface area contributed by atoms with Gasteiger partial charge in [0.25, 0.3) is 0 Å². The number of aliphatic carboxylic acids is 1. The minimum atomic E-state index is -0.881. The molecule has 0 aliphatic rings. The standard InChI is InChI=1S/C2H4O2S.H2O2/c3-2(4)1-5;1-2/h5H,1H2,(H,3,4);1-2H. The molecule has 0 aromatic heterocycles. The van der Waals surface area contributed by atoms with Crippen molar-refractivity contribution in [1.29, 1.82) is 0 Å². The van der Waals surface area contributed by atoms with Crippen molar-refractivity contribution in [2.24, 2.45) is 0 Å². The van der Waals surface area contributed by atoms with Gasteiger partial charge in [-0.25, -0.2) is 0 Å². The summed E-state index contributed by atoms with van der Waals surface area (Å²) < 4.78 is 0. The van der Waals surface area contributed by atoms with Gasteiger partial charge in [-0.1, -0.05) is 0 Å². The molecule has 0 aliphatic heterocycles. The summed E-state index contributed by atoms with van der Waals surface area (Å²) in [7, 11) is 0. The van der Waals surface area contributed by atoms with Crippen molar-refractivity contribution in [2.75, 3.05) is 5.75 Å². The fourth-order valence-corrected chi connectivity index (χ4v) is 0. The monoisotopic (exact) mass is 126 g/mol. The fraction of sp³-hybridized carbons (Fsp3) is 0.500. The molecule has 5 heteroatoms. The van der Waals surface area contributed by atoms with Crippen molar-refractivity contribution in [3.05, 3.63) is 0 Å². The quantitative estimate of drug-likeness (QED) is 0.227. The number of thiol groups is 1. The molecule has 0 saturated heterocycles. The Bertz CT molecular complexity index is 45.0. The van der Waals surface area contributed by atoms with Gasteiger partial charge in [0.1, 0.15) is 0 Å². The molecular weight excluding hydrogens is 120 g/mol. The first-order valence-electron chi connectivity index (χ1n) is 1.30. The molecule has 0 heterocycles. The Labute approximate surface area is 45.7 Å². The number of hydrogen-bond acceptors (Lipinski definition) is 4. The molecule has 0 aliphatic carbocycles. The lowest BCUT2D eigenvalue weighted by Gasteiger charge is -1.71. The number of carboxylic acid groups (broad SMARTS) is 1. The van der Waals surface area contributed by atoms with E-state index in [9.17, 15) is 4.79 Å². The van der Waals surface area contributed by atoms with Crippen LogP contribution in [0.5, 0.6) is 0 Å². The SMILES string of the molecule is O=C(O)CS.OO. The van der Waals surface area contributed by atoms with Crippen LogP contribution in [0.4, 0.5) is 0 Å². The summed E-state index contributed by atoms with van der Waals surface area (Å²) in [6, 6.07) is 0. The highest BCUT2D eigenvalue weighted by atomic mass is 32.1. The Morgan fingerprint density at radius 1 is 1.57 bits per heavy atom. The van der Waals surface area contributed by atoms with E-state index in [4.69, 9.17) is 15.6 Å². The molecule has 44 valence electrons. The summed E-state index contributed by atoms with van der Waals surface area (Å²) in [4.78, 5) is 9.29. The summed E-state index contributed by atoms with van der Waals surface area (Å²) in [6.45, 7) is 0. The lowest BCUT2D eigenvalue weighted by Crippen LogP contribution is -1.92. The Morgan fingerprint density at radius 2 is 1.71 bits per heavy atom. The van der Waals surface area contributed by atoms with Crippen LogP contribution in [0.3, 0.4) is 0 Å². The fourth-order valence-electron chi connectivity index (χ4n) is 0. The Hall–Kier alpha value is -0.260. The van der Waals surface area contributed by atoms with E-state index in [-0.39, 0.29) is 5.75 Å². The molecule has 0 unspecified atom stereocenters. The van der Waals surface area contributed by atoms with Crippen molar-refractivity contribution in [3.63, 3.8) is 0 Å². The van der Waals surface area contributed by atoms with Crippen LogP contribution in [0.25, 0.3) is 0 Å². The van der Waals surface area contributed by atoms with Crippen molar-refractivity contribution in [3.8, 4) is 0 Å². The maximum atomic E-state index is 9.29. The van der Waals surface area contributed by atoms with Crippen LogP contribution in [0, 0.1) is 0 Å². The van der Waals surface area contributed by atoms with Crippen molar-refractivity contribution < 1.29 is 20.4 Å². The van der Waals surface area contributed by atoms with Gasteiger partial charge in [0.15, 0.2) is 0 Å². The highest BCUT2D eigenvalue weighted by Gasteiger charge is 1.81. The zero-order valence-electron chi connectivity index (χ0n) is 3.40. The van der Waals surface area contributed by atoms with Gasteiger partial charge < -0.3 is 5.11 Å². The van der Waals surface area contributed by atoms with Crippen LogP contribution in [-0.4, -0.2) is 27.3 Å². The highest BCUT2D eigenvalue weighted by molar-refractivity contribution is 7.81. The van der Waals surface area contributed by atoms with Gasteiger partial charge in [-0.05, 0) is 0 Å². The van der Waals surface area contributed by atoms with E-state index in [2.05, 4.69) is 12.6 Å². The zero-order chi connectivity index (χ0) is 6.28. The van der Waals surface area contributed by atoms with Crippen LogP contribution in [0.15, 0.2) is 0 Å². The van der Waals surface area contributed by atoms with E-state index in [1.807, 2.05) is 0 Å². The van der Waals surface area contributed by atoms with Gasteiger partial charge in [-0.15, -0.1) is 0 Å². The summed E-state index contributed by atoms with van der Waals surface area (Å²) in [5.41, 5.74) is 0. The minimum absolute atomic E-state index is 0.0833. The largest absolute Gasteiger partial charge is 0.481 e. The van der Waals surface area contributed by atoms with Gasteiger partial charge in [-0.3, -0.25) is 15.3 Å². The van der Waals surface area contributed by atoms with Crippen LogP contribution in [-0.2, 0) is 4.79 Å². The van der Waals surface area contributed by atoms with Crippen LogP contribution >= 0.6 is 12.6 Å². The van der Waals surface area contributed by atoms with Gasteiger partial charge >= 0.3 is 5.97 Å². The lowest BCUT2D eigenvalue weighted by atomic mass is 10.8. The topological polar surface area (TPSA) is 77.8 Å². The predicted octanol–water partition coefficient (Wildman–Crippen LogP) is 0.0182. The number of rotatable bonds is 1. The maximum Gasteiger partial charge on any atom is 0.313 e. The molecule has 0 spiro atoms. The first-order chi connectivity index (χ1) is 3.27. The van der Waals surface area contributed by atoms with Crippen molar-refractivity contribution in [1.82, 2.24) is 0 Å². The molecule has 0 fully saturated rings. The van der Waals surface area contributed by atoms with E-state index in [0.717, 1.165) is 0 Å².